The largest absolute Gasteiger partial charge is 0.381 e. The number of rotatable bonds is 3. The van der Waals surface area contributed by atoms with Crippen LogP contribution in [0.2, 0.25) is 0 Å². The summed E-state index contributed by atoms with van der Waals surface area (Å²) in [6, 6.07) is 0.632. The SMILES string of the molecule is O=C(NC1CCCCC1)C1CCN(C(=O)NC2CCOCC2)CC1. The molecular formula is C18H31N3O3. The van der Waals surface area contributed by atoms with E-state index in [4.69, 9.17) is 4.74 Å². The highest BCUT2D eigenvalue weighted by Gasteiger charge is 2.29. The van der Waals surface area contributed by atoms with Gasteiger partial charge in [0.2, 0.25) is 5.91 Å². The number of piperidine rings is 1. The van der Waals surface area contributed by atoms with Gasteiger partial charge >= 0.3 is 6.03 Å². The molecule has 0 radical (unpaired) electrons. The van der Waals surface area contributed by atoms with Gasteiger partial charge in [0.1, 0.15) is 0 Å². The van der Waals surface area contributed by atoms with E-state index in [1.165, 1.54) is 19.3 Å². The lowest BCUT2D eigenvalue weighted by molar-refractivity contribution is -0.127. The number of hydrogen-bond donors (Lipinski definition) is 2. The summed E-state index contributed by atoms with van der Waals surface area (Å²) >= 11 is 0. The fourth-order valence-corrected chi connectivity index (χ4v) is 4.02. The molecule has 2 aliphatic heterocycles. The first-order valence-electron chi connectivity index (χ1n) is 9.66. The van der Waals surface area contributed by atoms with E-state index in [0.29, 0.717) is 19.1 Å². The Morgan fingerprint density at radius 2 is 1.42 bits per heavy atom. The third kappa shape index (κ3) is 4.85. The molecule has 0 unspecified atom stereocenters. The summed E-state index contributed by atoms with van der Waals surface area (Å²) < 4.78 is 5.32. The number of carbonyl (C=O) groups excluding carboxylic acids is 2. The molecule has 0 aromatic heterocycles. The predicted molar refractivity (Wildman–Crippen MR) is 91.7 cm³/mol. The van der Waals surface area contributed by atoms with Crippen LogP contribution in [0, 0.1) is 5.92 Å². The van der Waals surface area contributed by atoms with E-state index >= 15 is 0 Å². The summed E-state index contributed by atoms with van der Waals surface area (Å²) in [5.41, 5.74) is 0. The maximum Gasteiger partial charge on any atom is 0.317 e. The van der Waals surface area contributed by atoms with Gasteiger partial charge < -0.3 is 20.3 Å². The van der Waals surface area contributed by atoms with Gasteiger partial charge in [-0.25, -0.2) is 4.79 Å². The second-order valence-corrected chi connectivity index (χ2v) is 7.44. The van der Waals surface area contributed by atoms with Gasteiger partial charge in [0.15, 0.2) is 0 Å². The highest BCUT2D eigenvalue weighted by Crippen LogP contribution is 2.21. The molecule has 3 amide bonds. The molecule has 0 aromatic rings. The number of urea groups is 1. The zero-order valence-electron chi connectivity index (χ0n) is 14.6. The first-order valence-corrected chi connectivity index (χ1v) is 9.66. The van der Waals surface area contributed by atoms with Crippen molar-refractivity contribution in [1.29, 1.82) is 0 Å². The number of carbonyl (C=O) groups is 2. The van der Waals surface area contributed by atoms with Gasteiger partial charge in [0.25, 0.3) is 0 Å². The standard InChI is InChI=1S/C18H31N3O3/c22-17(19-15-4-2-1-3-5-15)14-6-10-21(11-7-14)18(23)20-16-8-12-24-13-9-16/h14-16H,1-13H2,(H,19,22)(H,20,23). The molecule has 2 saturated heterocycles. The highest BCUT2D eigenvalue weighted by molar-refractivity contribution is 5.80. The fraction of sp³-hybridized carbons (Fsp3) is 0.889. The first-order chi connectivity index (χ1) is 11.7. The molecule has 136 valence electrons. The summed E-state index contributed by atoms with van der Waals surface area (Å²) in [6.45, 7) is 2.82. The number of likely N-dealkylation sites (tertiary alicyclic amines) is 1. The van der Waals surface area contributed by atoms with E-state index in [0.717, 1.165) is 51.7 Å². The molecule has 3 fully saturated rings. The molecule has 1 saturated carbocycles. The minimum Gasteiger partial charge on any atom is -0.381 e. The quantitative estimate of drug-likeness (QED) is 0.828. The van der Waals surface area contributed by atoms with Gasteiger partial charge in [-0.2, -0.15) is 0 Å². The zero-order valence-corrected chi connectivity index (χ0v) is 14.6. The van der Waals surface area contributed by atoms with Gasteiger partial charge in [0.05, 0.1) is 0 Å². The molecule has 2 N–H and O–H groups in total. The molecule has 3 aliphatic rings. The van der Waals surface area contributed by atoms with Crippen molar-refractivity contribution in [2.24, 2.45) is 5.92 Å². The molecular weight excluding hydrogens is 306 g/mol. The van der Waals surface area contributed by atoms with Crippen molar-refractivity contribution >= 4 is 11.9 Å². The smallest absolute Gasteiger partial charge is 0.317 e. The van der Waals surface area contributed by atoms with Crippen LogP contribution in [0.4, 0.5) is 4.79 Å². The van der Waals surface area contributed by atoms with Crippen molar-refractivity contribution in [1.82, 2.24) is 15.5 Å². The minimum atomic E-state index is 0.0213. The predicted octanol–water partition coefficient (Wildman–Crippen LogP) is 2.04. The Labute approximate surface area is 144 Å². The van der Waals surface area contributed by atoms with Gasteiger partial charge in [-0.1, -0.05) is 19.3 Å². The van der Waals surface area contributed by atoms with Crippen LogP contribution in [-0.4, -0.2) is 55.2 Å². The summed E-state index contributed by atoms with van der Waals surface area (Å²) in [5.74, 6) is 0.269. The molecule has 0 bridgehead atoms. The minimum absolute atomic E-state index is 0.0213. The molecule has 6 heteroatoms. The first kappa shape index (κ1) is 17.5. The van der Waals surface area contributed by atoms with Crippen LogP contribution in [0.5, 0.6) is 0 Å². The monoisotopic (exact) mass is 337 g/mol. The third-order valence-corrected chi connectivity index (χ3v) is 5.65. The van der Waals surface area contributed by atoms with E-state index in [-0.39, 0.29) is 23.9 Å². The summed E-state index contributed by atoms with van der Waals surface area (Å²) in [4.78, 5) is 26.6. The lowest BCUT2D eigenvalue weighted by Crippen LogP contribution is -2.51. The summed E-state index contributed by atoms with van der Waals surface area (Å²) in [7, 11) is 0. The Kier molecular flexibility index (Phi) is 6.35. The van der Waals surface area contributed by atoms with Crippen molar-refractivity contribution in [2.75, 3.05) is 26.3 Å². The van der Waals surface area contributed by atoms with Crippen LogP contribution in [0.15, 0.2) is 0 Å². The van der Waals surface area contributed by atoms with Crippen molar-refractivity contribution in [3.05, 3.63) is 0 Å². The average molecular weight is 337 g/mol. The van der Waals surface area contributed by atoms with Crippen LogP contribution < -0.4 is 10.6 Å². The second kappa shape index (κ2) is 8.70. The Hall–Kier alpha value is -1.30. The Morgan fingerprint density at radius 3 is 2.08 bits per heavy atom. The second-order valence-electron chi connectivity index (χ2n) is 7.44. The molecule has 3 rings (SSSR count). The fourth-order valence-electron chi connectivity index (χ4n) is 4.02. The van der Waals surface area contributed by atoms with Crippen molar-refractivity contribution in [3.63, 3.8) is 0 Å². The van der Waals surface area contributed by atoms with E-state index in [1.807, 2.05) is 4.90 Å². The maximum atomic E-state index is 12.4. The molecule has 6 nitrogen and oxygen atoms in total. The van der Waals surface area contributed by atoms with Crippen molar-refractivity contribution < 1.29 is 14.3 Å². The number of ether oxygens (including phenoxy) is 1. The van der Waals surface area contributed by atoms with Crippen LogP contribution in [0.3, 0.4) is 0 Å². The van der Waals surface area contributed by atoms with Crippen molar-refractivity contribution in [2.45, 2.75) is 69.9 Å². The van der Waals surface area contributed by atoms with Crippen LogP contribution in [-0.2, 0) is 9.53 Å². The Bertz CT molecular complexity index is 383. The van der Waals surface area contributed by atoms with Crippen LogP contribution in [0.1, 0.15) is 57.8 Å². The molecule has 0 spiro atoms. The van der Waals surface area contributed by atoms with Gasteiger partial charge in [-0.05, 0) is 38.5 Å². The molecule has 2 heterocycles. The molecule has 1 aliphatic carbocycles. The van der Waals surface area contributed by atoms with E-state index < -0.39 is 0 Å². The van der Waals surface area contributed by atoms with Crippen LogP contribution in [0.25, 0.3) is 0 Å². The summed E-state index contributed by atoms with van der Waals surface area (Å²) in [5, 5.41) is 6.33. The number of nitrogens with zero attached hydrogens (tertiary/aromatic N) is 1. The average Bonchev–Trinajstić information content (AvgIpc) is 2.63. The molecule has 0 aromatic carbocycles. The molecule has 0 atom stereocenters. The lowest BCUT2D eigenvalue weighted by Gasteiger charge is -2.34. The van der Waals surface area contributed by atoms with Crippen LogP contribution >= 0.6 is 0 Å². The number of amides is 3. The Balaban J connectivity index is 1.38. The maximum absolute atomic E-state index is 12.4. The van der Waals surface area contributed by atoms with Gasteiger partial charge in [-0.3, -0.25) is 4.79 Å². The topological polar surface area (TPSA) is 70.7 Å². The van der Waals surface area contributed by atoms with Crippen molar-refractivity contribution in [3.8, 4) is 0 Å². The summed E-state index contributed by atoms with van der Waals surface area (Å²) in [6.07, 6.45) is 9.35. The number of hydrogen-bond acceptors (Lipinski definition) is 3. The van der Waals surface area contributed by atoms with Gasteiger partial charge in [-0.15, -0.1) is 0 Å². The highest BCUT2D eigenvalue weighted by atomic mass is 16.5. The van der Waals surface area contributed by atoms with E-state index in [9.17, 15) is 9.59 Å². The number of nitrogens with one attached hydrogen (secondary N) is 2. The van der Waals surface area contributed by atoms with Gasteiger partial charge in [0, 0.05) is 44.3 Å². The lowest BCUT2D eigenvalue weighted by atomic mass is 9.92. The molecule has 24 heavy (non-hydrogen) atoms. The zero-order chi connectivity index (χ0) is 16.8. The van der Waals surface area contributed by atoms with E-state index in [2.05, 4.69) is 10.6 Å². The third-order valence-electron chi connectivity index (χ3n) is 5.65. The van der Waals surface area contributed by atoms with E-state index in [1.54, 1.807) is 0 Å². The Morgan fingerprint density at radius 1 is 0.792 bits per heavy atom. The normalized spacial score (nSPS) is 24.6.